The normalized spacial score (nSPS) is 16.0. The van der Waals surface area contributed by atoms with Crippen LogP contribution in [-0.2, 0) is 10.9 Å². The molecular formula is C17H19ClF3N3O3S. The van der Waals surface area contributed by atoms with Crippen LogP contribution in [0.5, 0.6) is 0 Å². The first-order valence-electron chi connectivity index (χ1n) is 7.49. The number of halogens is 4. The van der Waals surface area contributed by atoms with Crippen LogP contribution in [0, 0.1) is 0 Å². The van der Waals surface area contributed by atoms with Crippen molar-refractivity contribution >= 4 is 42.7 Å². The molecule has 0 fully saturated rings. The number of hydrogen-bond donors (Lipinski definition) is 0. The van der Waals surface area contributed by atoms with Gasteiger partial charge in [0.15, 0.2) is 0 Å². The van der Waals surface area contributed by atoms with Gasteiger partial charge in [-0.05, 0) is 25.1 Å². The minimum absolute atomic E-state index is 0. The van der Waals surface area contributed by atoms with Gasteiger partial charge < -0.3 is 9.64 Å². The summed E-state index contributed by atoms with van der Waals surface area (Å²) < 4.78 is 44.7. The lowest BCUT2D eigenvalue weighted by atomic mass is 10.1. The van der Waals surface area contributed by atoms with E-state index in [9.17, 15) is 22.8 Å². The van der Waals surface area contributed by atoms with Crippen LogP contribution in [0.1, 0.15) is 46.8 Å². The topological polar surface area (TPSA) is 64.4 Å². The van der Waals surface area contributed by atoms with Crippen molar-refractivity contribution in [1.82, 2.24) is 9.78 Å². The third-order valence-electron chi connectivity index (χ3n) is 4.08. The number of carbonyl (C=O) groups excluding carboxylic acids is 2. The molecule has 0 aliphatic carbocycles. The predicted octanol–water partition coefficient (Wildman–Crippen LogP) is 4.31. The number of benzene rings is 1. The fourth-order valence-corrected chi connectivity index (χ4v) is 3.13. The number of carbonyl (C=O) groups is 2. The van der Waals surface area contributed by atoms with Gasteiger partial charge in [0, 0.05) is 12.2 Å². The molecule has 0 unspecified atom stereocenters. The summed E-state index contributed by atoms with van der Waals surface area (Å²) in [5.41, 5.74) is -0.775. The number of alkyl halides is 3. The van der Waals surface area contributed by atoms with E-state index in [0.29, 0.717) is 0 Å². The number of ether oxygens (including phenoxy) is 1. The predicted molar refractivity (Wildman–Crippen MR) is 104 cm³/mol. The van der Waals surface area contributed by atoms with E-state index in [2.05, 4.69) is 9.84 Å². The van der Waals surface area contributed by atoms with Crippen LogP contribution in [0.15, 0.2) is 24.4 Å². The highest BCUT2D eigenvalue weighted by atomic mass is 35.5. The molecule has 0 N–H and O–H groups in total. The molecule has 0 spiro atoms. The molecular weight excluding hydrogens is 419 g/mol. The SMILES string of the molecule is C.COC(=O)c1cnn2c1C(=O)N(c1ccc(C(F)(F)F)c(Cl)c1)C[C@@H]2C.S. The molecule has 0 radical (unpaired) electrons. The van der Waals surface area contributed by atoms with Gasteiger partial charge in [-0.15, -0.1) is 0 Å². The first-order valence-corrected chi connectivity index (χ1v) is 7.87. The Hall–Kier alpha value is -2.20. The Labute approximate surface area is 171 Å². The Kier molecular flexibility index (Phi) is 7.18. The van der Waals surface area contributed by atoms with E-state index in [1.165, 1.54) is 29.0 Å². The lowest BCUT2D eigenvalue weighted by molar-refractivity contribution is -0.137. The number of anilines is 1. The lowest BCUT2D eigenvalue weighted by Crippen LogP contribution is -2.43. The molecule has 1 aliphatic rings. The molecule has 1 aliphatic heterocycles. The van der Waals surface area contributed by atoms with Crippen molar-refractivity contribution in [3.8, 4) is 0 Å². The maximum Gasteiger partial charge on any atom is 0.417 e. The van der Waals surface area contributed by atoms with Crippen LogP contribution >= 0.6 is 25.1 Å². The van der Waals surface area contributed by atoms with Crippen LogP contribution in [0.4, 0.5) is 18.9 Å². The van der Waals surface area contributed by atoms with E-state index in [4.69, 9.17) is 11.6 Å². The molecule has 0 bridgehead atoms. The van der Waals surface area contributed by atoms with Crippen LogP contribution in [0.25, 0.3) is 0 Å². The number of rotatable bonds is 2. The Morgan fingerprint density at radius 2 is 2.00 bits per heavy atom. The molecule has 2 aromatic rings. The summed E-state index contributed by atoms with van der Waals surface area (Å²) >= 11 is 5.75. The molecule has 0 saturated heterocycles. The van der Waals surface area contributed by atoms with Gasteiger partial charge in [-0.2, -0.15) is 31.8 Å². The summed E-state index contributed by atoms with van der Waals surface area (Å²) in [5, 5.41) is 3.53. The average Bonchev–Trinajstić information content (AvgIpc) is 3.02. The quantitative estimate of drug-likeness (QED) is 0.657. The van der Waals surface area contributed by atoms with Gasteiger partial charge >= 0.3 is 12.1 Å². The maximum atomic E-state index is 12.9. The van der Waals surface area contributed by atoms with Gasteiger partial charge in [0.2, 0.25) is 0 Å². The monoisotopic (exact) mass is 437 g/mol. The number of aromatic nitrogens is 2. The van der Waals surface area contributed by atoms with Crippen molar-refractivity contribution in [2.75, 3.05) is 18.6 Å². The summed E-state index contributed by atoms with van der Waals surface area (Å²) in [7, 11) is 1.18. The smallest absolute Gasteiger partial charge is 0.417 e. The summed E-state index contributed by atoms with van der Waals surface area (Å²) in [6, 6.07) is 2.77. The highest BCUT2D eigenvalue weighted by Crippen LogP contribution is 2.37. The zero-order valence-corrected chi connectivity index (χ0v) is 15.9. The third kappa shape index (κ3) is 3.97. The zero-order chi connectivity index (χ0) is 19.2. The zero-order valence-electron chi connectivity index (χ0n) is 14.2. The van der Waals surface area contributed by atoms with Gasteiger partial charge in [0.1, 0.15) is 11.3 Å². The summed E-state index contributed by atoms with van der Waals surface area (Å²) in [6.45, 7) is 1.93. The average molecular weight is 438 g/mol. The Bertz CT molecular complexity index is 902. The van der Waals surface area contributed by atoms with Crippen molar-refractivity contribution in [3.63, 3.8) is 0 Å². The van der Waals surface area contributed by atoms with Crippen molar-refractivity contribution in [2.45, 2.75) is 26.6 Å². The molecule has 154 valence electrons. The maximum absolute atomic E-state index is 12.9. The Balaban J connectivity index is 0.00000196. The Morgan fingerprint density at radius 3 is 2.54 bits per heavy atom. The van der Waals surface area contributed by atoms with Crippen LogP contribution in [-0.4, -0.2) is 35.3 Å². The number of hydrogen-bond acceptors (Lipinski definition) is 4. The molecule has 1 aromatic carbocycles. The van der Waals surface area contributed by atoms with E-state index in [0.717, 1.165) is 12.1 Å². The number of methoxy groups -OCH3 is 1. The van der Waals surface area contributed by atoms with Crippen molar-refractivity contribution < 1.29 is 27.5 Å². The highest BCUT2D eigenvalue weighted by Gasteiger charge is 2.37. The molecule has 6 nitrogen and oxygen atoms in total. The summed E-state index contributed by atoms with van der Waals surface area (Å²) in [5.74, 6) is -1.30. The third-order valence-corrected chi connectivity index (χ3v) is 4.40. The standard InChI is InChI=1S/C16H13ClF3N3O3.CH4.H2S/c1-8-7-22(9-3-4-11(12(17)5-9)16(18,19)20)14(24)13-10(15(25)26-2)6-21-23(8)13;;/h3-6,8H,7H2,1-2H3;1H4;1H2/t8-;;/m0../s1. The molecule has 3 rings (SSSR count). The fraction of sp³-hybridized carbons (Fsp3) is 0.353. The van der Waals surface area contributed by atoms with E-state index >= 15 is 0 Å². The van der Waals surface area contributed by atoms with Crippen molar-refractivity contribution in [2.24, 2.45) is 0 Å². The molecule has 11 heteroatoms. The number of nitrogens with zero attached hydrogens (tertiary/aromatic N) is 3. The van der Waals surface area contributed by atoms with E-state index in [1.54, 1.807) is 6.92 Å². The van der Waals surface area contributed by atoms with Crippen LogP contribution in [0.2, 0.25) is 5.02 Å². The fourth-order valence-electron chi connectivity index (χ4n) is 2.85. The molecule has 1 atom stereocenters. The number of amides is 1. The van der Waals surface area contributed by atoms with Crippen molar-refractivity contribution in [3.05, 3.63) is 46.2 Å². The second-order valence-corrected chi connectivity index (χ2v) is 6.18. The largest absolute Gasteiger partial charge is 0.465 e. The van der Waals surface area contributed by atoms with E-state index < -0.39 is 28.6 Å². The molecule has 1 aromatic heterocycles. The van der Waals surface area contributed by atoms with E-state index in [-0.39, 0.29) is 50.5 Å². The van der Waals surface area contributed by atoms with Gasteiger partial charge in [0.25, 0.3) is 5.91 Å². The summed E-state index contributed by atoms with van der Waals surface area (Å²) in [6.07, 6.45) is -3.36. The van der Waals surface area contributed by atoms with Gasteiger partial charge in [-0.25, -0.2) is 4.79 Å². The van der Waals surface area contributed by atoms with Crippen molar-refractivity contribution in [1.29, 1.82) is 0 Å². The highest BCUT2D eigenvalue weighted by molar-refractivity contribution is 7.59. The summed E-state index contributed by atoms with van der Waals surface area (Å²) in [4.78, 5) is 26.0. The molecule has 1 amide bonds. The first kappa shape index (κ1) is 23.8. The van der Waals surface area contributed by atoms with Gasteiger partial charge in [-0.3, -0.25) is 9.48 Å². The second kappa shape index (κ2) is 8.44. The lowest BCUT2D eigenvalue weighted by Gasteiger charge is -2.32. The molecule has 0 saturated carbocycles. The second-order valence-electron chi connectivity index (χ2n) is 5.77. The van der Waals surface area contributed by atoms with E-state index in [1.807, 2.05) is 0 Å². The molecule has 2 heterocycles. The first-order chi connectivity index (χ1) is 12.1. The van der Waals surface area contributed by atoms with Crippen LogP contribution in [0.3, 0.4) is 0 Å². The number of esters is 1. The minimum Gasteiger partial charge on any atom is -0.465 e. The van der Waals surface area contributed by atoms with Crippen LogP contribution < -0.4 is 4.90 Å². The molecule has 28 heavy (non-hydrogen) atoms. The number of fused-ring (bicyclic) bond motifs is 1. The van der Waals surface area contributed by atoms with Gasteiger partial charge in [0.05, 0.1) is 29.9 Å². The minimum atomic E-state index is -4.59. The Morgan fingerprint density at radius 1 is 1.36 bits per heavy atom. The van der Waals surface area contributed by atoms with Gasteiger partial charge in [-0.1, -0.05) is 19.0 Å².